The van der Waals surface area contributed by atoms with Gasteiger partial charge >= 0.3 is 12.0 Å². The number of urea groups is 1. The van der Waals surface area contributed by atoms with Gasteiger partial charge in [-0.15, -0.1) is 11.3 Å². The predicted octanol–water partition coefficient (Wildman–Crippen LogP) is 1.40. The molecule has 0 aromatic carbocycles. The minimum absolute atomic E-state index is 0.283. The maximum absolute atomic E-state index is 11.7. The maximum atomic E-state index is 11.7. The van der Waals surface area contributed by atoms with Gasteiger partial charge in [0.25, 0.3) is 0 Å². The molecule has 8 heteroatoms. The largest absolute Gasteiger partial charge is 0.479 e. The molecule has 106 valence electrons. The maximum Gasteiger partial charge on any atom is 0.331 e. The number of aliphatic carboxylic acids is 1. The van der Waals surface area contributed by atoms with Gasteiger partial charge in [0.05, 0.1) is 6.20 Å². The standard InChI is InChI=1S/C12H14N4O3S/c1-7-8(6-14-16-7)5-13-12(19)15-10(11(17)18)9-3-2-4-20-9/h2-4,6,10H,5H2,1H3,(H,14,16)(H,17,18)(H2,13,15,19). The van der Waals surface area contributed by atoms with E-state index in [0.29, 0.717) is 4.88 Å². The van der Waals surface area contributed by atoms with E-state index in [1.807, 2.05) is 6.92 Å². The molecule has 0 bridgehead atoms. The second-order valence-electron chi connectivity index (χ2n) is 4.13. The third-order valence-electron chi connectivity index (χ3n) is 2.72. The van der Waals surface area contributed by atoms with E-state index in [4.69, 9.17) is 5.11 Å². The number of nitrogens with one attached hydrogen (secondary N) is 3. The summed E-state index contributed by atoms with van der Waals surface area (Å²) in [5.41, 5.74) is 1.71. The van der Waals surface area contributed by atoms with Crippen molar-refractivity contribution in [1.82, 2.24) is 20.8 Å². The van der Waals surface area contributed by atoms with Crippen LogP contribution in [0.1, 0.15) is 22.2 Å². The lowest BCUT2D eigenvalue weighted by atomic mass is 10.2. The Bertz CT molecular complexity index is 594. The van der Waals surface area contributed by atoms with Crippen LogP contribution in [-0.4, -0.2) is 27.3 Å². The molecule has 0 saturated carbocycles. The number of carboxylic acids is 1. The van der Waals surface area contributed by atoms with Crippen LogP contribution >= 0.6 is 11.3 Å². The highest BCUT2D eigenvalue weighted by Crippen LogP contribution is 2.18. The summed E-state index contributed by atoms with van der Waals surface area (Å²) >= 11 is 1.28. The van der Waals surface area contributed by atoms with E-state index in [0.717, 1.165) is 11.3 Å². The van der Waals surface area contributed by atoms with Crippen molar-refractivity contribution in [1.29, 1.82) is 0 Å². The normalized spacial score (nSPS) is 11.8. The number of nitrogens with zero attached hydrogens (tertiary/aromatic N) is 1. The number of thiophene rings is 1. The van der Waals surface area contributed by atoms with Crippen molar-refractivity contribution in [2.75, 3.05) is 0 Å². The minimum Gasteiger partial charge on any atom is -0.479 e. The van der Waals surface area contributed by atoms with E-state index in [9.17, 15) is 9.59 Å². The molecule has 0 aliphatic rings. The molecule has 0 saturated heterocycles. The number of carboxylic acid groups (broad SMARTS) is 1. The Morgan fingerprint density at radius 3 is 2.90 bits per heavy atom. The highest BCUT2D eigenvalue weighted by Gasteiger charge is 2.22. The quantitative estimate of drug-likeness (QED) is 0.668. The minimum atomic E-state index is -1.10. The fourth-order valence-corrected chi connectivity index (χ4v) is 2.39. The third-order valence-corrected chi connectivity index (χ3v) is 3.66. The molecule has 0 fully saturated rings. The monoisotopic (exact) mass is 294 g/mol. The van der Waals surface area contributed by atoms with E-state index in [1.54, 1.807) is 23.7 Å². The van der Waals surface area contributed by atoms with Crippen molar-refractivity contribution in [3.63, 3.8) is 0 Å². The molecular formula is C12H14N4O3S. The first-order valence-electron chi connectivity index (χ1n) is 5.87. The SMILES string of the molecule is Cc1[nH]ncc1CNC(=O)NC(C(=O)O)c1cccs1. The lowest BCUT2D eigenvalue weighted by molar-refractivity contribution is -0.139. The average Bonchev–Trinajstić information content (AvgIpc) is 3.04. The topological polar surface area (TPSA) is 107 Å². The number of hydrogen-bond donors (Lipinski definition) is 4. The van der Waals surface area contributed by atoms with Crippen molar-refractivity contribution >= 4 is 23.3 Å². The van der Waals surface area contributed by atoms with Crippen molar-refractivity contribution < 1.29 is 14.7 Å². The molecule has 0 spiro atoms. The number of aromatic amines is 1. The lowest BCUT2D eigenvalue weighted by Crippen LogP contribution is -2.40. The smallest absolute Gasteiger partial charge is 0.331 e. The molecular weight excluding hydrogens is 280 g/mol. The van der Waals surface area contributed by atoms with Gasteiger partial charge < -0.3 is 15.7 Å². The number of carbonyl (C=O) groups is 2. The number of amides is 2. The second kappa shape index (κ2) is 6.20. The zero-order valence-corrected chi connectivity index (χ0v) is 11.5. The molecule has 1 unspecified atom stereocenters. The van der Waals surface area contributed by atoms with Crippen LogP contribution in [0.5, 0.6) is 0 Å². The molecule has 2 aromatic rings. The Hall–Kier alpha value is -2.35. The van der Waals surface area contributed by atoms with Gasteiger partial charge in [-0.25, -0.2) is 9.59 Å². The van der Waals surface area contributed by atoms with E-state index in [2.05, 4.69) is 20.8 Å². The Morgan fingerprint density at radius 1 is 1.55 bits per heavy atom. The molecule has 2 heterocycles. The number of carbonyl (C=O) groups excluding carboxylic acids is 1. The second-order valence-corrected chi connectivity index (χ2v) is 5.11. The van der Waals surface area contributed by atoms with E-state index >= 15 is 0 Å². The summed E-state index contributed by atoms with van der Waals surface area (Å²) in [7, 11) is 0. The lowest BCUT2D eigenvalue weighted by Gasteiger charge is -2.13. The number of aromatic nitrogens is 2. The van der Waals surface area contributed by atoms with E-state index in [1.165, 1.54) is 11.3 Å². The summed E-state index contributed by atoms with van der Waals surface area (Å²) in [5.74, 6) is -1.10. The van der Waals surface area contributed by atoms with Crippen molar-refractivity contribution in [2.45, 2.75) is 19.5 Å². The van der Waals surface area contributed by atoms with Gasteiger partial charge in [0.1, 0.15) is 0 Å². The number of rotatable bonds is 5. The van der Waals surface area contributed by atoms with Crippen LogP contribution in [-0.2, 0) is 11.3 Å². The fourth-order valence-electron chi connectivity index (χ4n) is 1.62. The zero-order valence-electron chi connectivity index (χ0n) is 10.7. The summed E-state index contributed by atoms with van der Waals surface area (Å²) in [6, 6.07) is 1.83. The Balaban J connectivity index is 1.92. The number of aryl methyl sites for hydroxylation is 1. The number of H-pyrrole nitrogens is 1. The van der Waals surface area contributed by atoms with Crippen molar-refractivity contribution in [2.24, 2.45) is 0 Å². The summed E-state index contributed by atoms with van der Waals surface area (Å²) in [6.45, 7) is 2.12. The highest BCUT2D eigenvalue weighted by atomic mass is 32.1. The summed E-state index contributed by atoms with van der Waals surface area (Å²) in [4.78, 5) is 23.5. The Kier molecular flexibility index (Phi) is 4.36. The van der Waals surface area contributed by atoms with Crippen LogP contribution in [0.4, 0.5) is 4.79 Å². The van der Waals surface area contributed by atoms with Gasteiger partial charge in [-0.2, -0.15) is 5.10 Å². The van der Waals surface area contributed by atoms with Crippen molar-refractivity contribution in [3.05, 3.63) is 39.8 Å². The molecule has 7 nitrogen and oxygen atoms in total. The Morgan fingerprint density at radius 2 is 2.35 bits per heavy atom. The molecule has 20 heavy (non-hydrogen) atoms. The van der Waals surface area contributed by atoms with Crippen molar-refractivity contribution in [3.8, 4) is 0 Å². The first-order valence-corrected chi connectivity index (χ1v) is 6.75. The molecule has 0 aliphatic carbocycles. The van der Waals surface area contributed by atoms with Gasteiger partial charge in [0.2, 0.25) is 0 Å². The molecule has 2 amide bonds. The Labute approximate surface area is 119 Å². The van der Waals surface area contributed by atoms with Crippen LogP contribution in [0.2, 0.25) is 0 Å². The summed E-state index contributed by atoms with van der Waals surface area (Å²) < 4.78 is 0. The van der Waals surface area contributed by atoms with Gasteiger partial charge in [0.15, 0.2) is 6.04 Å². The first kappa shape index (κ1) is 14.1. The first-order chi connectivity index (χ1) is 9.58. The summed E-state index contributed by atoms with van der Waals surface area (Å²) in [6.07, 6.45) is 1.61. The van der Waals surface area contributed by atoms with Crippen LogP contribution in [0, 0.1) is 6.92 Å². The van der Waals surface area contributed by atoms with Gasteiger partial charge in [-0.1, -0.05) is 6.07 Å². The molecule has 2 rings (SSSR count). The molecule has 2 aromatic heterocycles. The molecule has 0 radical (unpaired) electrons. The van der Waals surface area contributed by atoms with Crippen LogP contribution in [0.15, 0.2) is 23.7 Å². The number of hydrogen-bond acceptors (Lipinski definition) is 4. The summed E-state index contributed by atoms with van der Waals surface area (Å²) in [5, 5.41) is 22.5. The van der Waals surface area contributed by atoms with Crippen LogP contribution in [0.25, 0.3) is 0 Å². The predicted molar refractivity (Wildman–Crippen MR) is 73.4 cm³/mol. The van der Waals surface area contributed by atoms with Crippen LogP contribution in [0.3, 0.4) is 0 Å². The third kappa shape index (κ3) is 3.35. The van der Waals surface area contributed by atoms with Gasteiger partial charge in [-0.05, 0) is 18.4 Å². The molecule has 0 aliphatic heterocycles. The van der Waals surface area contributed by atoms with Gasteiger partial charge in [0, 0.05) is 22.7 Å². The molecule has 4 N–H and O–H groups in total. The van der Waals surface area contributed by atoms with E-state index < -0.39 is 18.0 Å². The zero-order chi connectivity index (χ0) is 14.5. The molecule has 1 atom stereocenters. The fraction of sp³-hybridized carbons (Fsp3) is 0.250. The highest BCUT2D eigenvalue weighted by molar-refractivity contribution is 7.10. The van der Waals surface area contributed by atoms with E-state index in [-0.39, 0.29) is 6.54 Å². The van der Waals surface area contributed by atoms with Crippen LogP contribution < -0.4 is 10.6 Å². The van der Waals surface area contributed by atoms with Gasteiger partial charge in [-0.3, -0.25) is 5.10 Å². The average molecular weight is 294 g/mol.